The fourth-order valence-corrected chi connectivity index (χ4v) is 2.37. The van der Waals surface area contributed by atoms with Crippen molar-refractivity contribution in [3.63, 3.8) is 0 Å². The zero-order valence-corrected chi connectivity index (χ0v) is 10.1. The summed E-state index contributed by atoms with van der Waals surface area (Å²) in [7, 11) is 0. The van der Waals surface area contributed by atoms with E-state index in [0.29, 0.717) is 0 Å². The smallest absolute Gasteiger partial charge is 0.0112 e. The Morgan fingerprint density at radius 2 is 2.06 bits per heavy atom. The Morgan fingerprint density at radius 1 is 1.31 bits per heavy atom. The lowest BCUT2D eigenvalue weighted by atomic mass is 9.98. The molecule has 0 bridgehead atoms. The fraction of sp³-hybridized carbons (Fsp3) is 0.250. The summed E-state index contributed by atoms with van der Waals surface area (Å²) in [5.41, 5.74) is 4.21. The second-order valence-electron chi connectivity index (χ2n) is 4.20. The molecule has 0 atom stereocenters. The van der Waals surface area contributed by atoms with E-state index in [1.807, 2.05) is 6.08 Å². The van der Waals surface area contributed by atoms with Crippen LogP contribution in [0.4, 0.5) is 0 Å². The highest BCUT2D eigenvalue weighted by Crippen LogP contribution is 2.22. The van der Waals surface area contributed by atoms with E-state index >= 15 is 0 Å². The van der Waals surface area contributed by atoms with Crippen LogP contribution in [0.1, 0.15) is 26.7 Å². The topological polar surface area (TPSA) is 0 Å². The largest absolute Gasteiger partial charge is 0.0984 e. The van der Waals surface area contributed by atoms with E-state index in [9.17, 15) is 0 Å². The second-order valence-corrected chi connectivity index (χ2v) is 4.20. The Balaban J connectivity index is 2.85. The standard InChI is InChI=1S/C16H18/c1-4-13-10-11-14-8-6-7-9-16(14)15(5-2)12(13)3/h5-9,11H,2,4,10H2,1,3H3. The Bertz CT molecular complexity index is 556. The van der Waals surface area contributed by atoms with Crippen LogP contribution in [0.3, 0.4) is 0 Å². The van der Waals surface area contributed by atoms with Gasteiger partial charge in [0, 0.05) is 0 Å². The van der Waals surface area contributed by atoms with Crippen molar-refractivity contribution < 1.29 is 0 Å². The third-order valence-corrected chi connectivity index (χ3v) is 3.38. The molecule has 0 aromatic heterocycles. The normalized spacial score (nSPS) is 15.2. The predicted octanol–water partition coefficient (Wildman–Crippen LogP) is 2.93. The number of hydrogen-bond donors (Lipinski definition) is 0. The van der Waals surface area contributed by atoms with Gasteiger partial charge in [0.05, 0.1) is 0 Å². The van der Waals surface area contributed by atoms with Gasteiger partial charge in [-0.3, -0.25) is 0 Å². The Morgan fingerprint density at radius 3 is 2.75 bits per heavy atom. The SMILES string of the molecule is C=CC1=c2ccccc2=CCC(CC)=C1C. The van der Waals surface area contributed by atoms with Gasteiger partial charge in [0.15, 0.2) is 0 Å². The fourth-order valence-electron chi connectivity index (χ4n) is 2.37. The van der Waals surface area contributed by atoms with Crippen molar-refractivity contribution in [2.75, 3.05) is 0 Å². The Kier molecular flexibility index (Phi) is 3.09. The second kappa shape index (κ2) is 4.52. The lowest BCUT2D eigenvalue weighted by Crippen LogP contribution is -2.25. The van der Waals surface area contributed by atoms with Gasteiger partial charge in [-0.15, -0.1) is 0 Å². The molecule has 0 heterocycles. The summed E-state index contributed by atoms with van der Waals surface area (Å²) in [6.45, 7) is 8.40. The molecule has 0 saturated carbocycles. The van der Waals surface area contributed by atoms with Crippen LogP contribution in [0.25, 0.3) is 11.6 Å². The number of benzene rings is 1. The van der Waals surface area contributed by atoms with Crippen molar-refractivity contribution >= 4 is 11.6 Å². The molecular formula is C16H18. The van der Waals surface area contributed by atoms with Crippen LogP contribution in [-0.2, 0) is 0 Å². The maximum absolute atomic E-state index is 3.96. The molecule has 0 fully saturated rings. The van der Waals surface area contributed by atoms with Crippen LogP contribution in [0.15, 0.2) is 48.1 Å². The Labute approximate surface area is 97.3 Å². The molecule has 0 nitrogen and oxygen atoms in total. The van der Waals surface area contributed by atoms with Crippen LogP contribution in [0, 0.1) is 0 Å². The van der Waals surface area contributed by atoms with Gasteiger partial charge in [0.1, 0.15) is 0 Å². The summed E-state index contributed by atoms with van der Waals surface area (Å²) in [5.74, 6) is 0. The molecule has 2 rings (SSSR count). The number of fused-ring (bicyclic) bond motifs is 1. The molecular weight excluding hydrogens is 192 g/mol. The van der Waals surface area contributed by atoms with Gasteiger partial charge in [0.2, 0.25) is 0 Å². The van der Waals surface area contributed by atoms with Crippen molar-refractivity contribution in [2.45, 2.75) is 26.7 Å². The molecule has 0 saturated heterocycles. The minimum Gasteiger partial charge on any atom is -0.0984 e. The van der Waals surface area contributed by atoms with E-state index in [-0.39, 0.29) is 0 Å². The highest BCUT2D eigenvalue weighted by Gasteiger charge is 2.07. The zero-order chi connectivity index (χ0) is 11.5. The zero-order valence-electron chi connectivity index (χ0n) is 10.1. The van der Waals surface area contributed by atoms with Gasteiger partial charge in [-0.1, -0.05) is 55.5 Å². The average Bonchev–Trinajstić information content (AvgIpc) is 2.45. The van der Waals surface area contributed by atoms with Crippen LogP contribution >= 0.6 is 0 Å². The van der Waals surface area contributed by atoms with Crippen LogP contribution in [-0.4, -0.2) is 0 Å². The summed E-state index contributed by atoms with van der Waals surface area (Å²) in [6.07, 6.45) is 6.50. The van der Waals surface area contributed by atoms with Crippen molar-refractivity contribution in [2.24, 2.45) is 0 Å². The summed E-state index contributed by atoms with van der Waals surface area (Å²) >= 11 is 0. The third-order valence-electron chi connectivity index (χ3n) is 3.38. The molecule has 0 radical (unpaired) electrons. The maximum Gasteiger partial charge on any atom is -0.0112 e. The van der Waals surface area contributed by atoms with E-state index in [0.717, 1.165) is 12.8 Å². The monoisotopic (exact) mass is 210 g/mol. The minimum absolute atomic E-state index is 1.07. The number of hydrogen-bond acceptors (Lipinski definition) is 0. The van der Waals surface area contributed by atoms with Crippen molar-refractivity contribution in [1.82, 2.24) is 0 Å². The summed E-state index contributed by atoms with van der Waals surface area (Å²) in [6, 6.07) is 8.57. The van der Waals surface area contributed by atoms with Crippen molar-refractivity contribution in [1.29, 1.82) is 0 Å². The highest BCUT2D eigenvalue weighted by atomic mass is 14.1. The molecule has 0 aliphatic heterocycles. The minimum atomic E-state index is 1.07. The van der Waals surface area contributed by atoms with Crippen molar-refractivity contribution in [3.05, 3.63) is 58.5 Å². The number of rotatable bonds is 2. The van der Waals surface area contributed by atoms with Gasteiger partial charge >= 0.3 is 0 Å². The molecule has 82 valence electrons. The summed E-state index contributed by atoms with van der Waals surface area (Å²) < 4.78 is 0. The van der Waals surface area contributed by atoms with Gasteiger partial charge in [0.25, 0.3) is 0 Å². The molecule has 1 aromatic rings. The number of allylic oxidation sites excluding steroid dienone is 3. The third kappa shape index (κ3) is 1.76. The van der Waals surface area contributed by atoms with Gasteiger partial charge in [-0.25, -0.2) is 0 Å². The van der Waals surface area contributed by atoms with Gasteiger partial charge < -0.3 is 0 Å². The quantitative estimate of drug-likeness (QED) is 0.704. The summed E-state index contributed by atoms with van der Waals surface area (Å²) in [5, 5.41) is 2.65. The van der Waals surface area contributed by atoms with E-state index in [1.54, 1.807) is 0 Å². The molecule has 0 heteroatoms. The average molecular weight is 210 g/mol. The van der Waals surface area contributed by atoms with E-state index in [1.165, 1.54) is 27.2 Å². The molecule has 0 amide bonds. The summed E-state index contributed by atoms with van der Waals surface area (Å²) in [4.78, 5) is 0. The highest BCUT2D eigenvalue weighted by molar-refractivity contribution is 5.74. The lowest BCUT2D eigenvalue weighted by molar-refractivity contribution is 1.03. The van der Waals surface area contributed by atoms with Crippen LogP contribution in [0.2, 0.25) is 0 Å². The van der Waals surface area contributed by atoms with E-state index in [4.69, 9.17) is 0 Å². The first-order valence-corrected chi connectivity index (χ1v) is 5.89. The molecule has 1 aliphatic rings. The molecule has 0 N–H and O–H groups in total. The van der Waals surface area contributed by atoms with Crippen molar-refractivity contribution in [3.8, 4) is 0 Å². The first-order chi connectivity index (χ1) is 7.77. The Hall–Kier alpha value is -1.56. The maximum atomic E-state index is 3.96. The first-order valence-electron chi connectivity index (χ1n) is 5.89. The lowest BCUT2D eigenvalue weighted by Gasteiger charge is -2.07. The molecule has 0 spiro atoms. The molecule has 1 aromatic carbocycles. The van der Waals surface area contributed by atoms with E-state index < -0.39 is 0 Å². The molecule has 0 unspecified atom stereocenters. The van der Waals surface area contributed by atoms with E-state index in [2.05, 4.69) is 50.8 Å². The van der Waals surface area contributed by atoms with Gasteiger partial charge in [-0.05, 0) is 41.3 Å². The molecule has 16 heavy (non-hydrogen) atoms. The van der Waals surface area contributed by atoms with Crippen LogP contribution < -0.4 is 10.4 Å². The van der Waals surface area contributed by atoms with Gasteiger partial charge in [-0.2, -0.15) is 0 Å². The van der Waals surface area contributed by atoms with Crippen LogP contribution in [0.5, 0.6) is 0 Å². The molecule has 1 aliphatic carbocycles. The predicted molar refractivity (Wildman–Crippen MR) is 71.4 cm³/mol. The first kappa shape index (κ1) is 10.9.